The van der Waals surface area contributed by atoms with Gasteiger partial charge in [-0.15, -0.1) is 0 Å². The maximum absolute atomic E-state index is 12.7. The number of aliphatic hydroxyl groups is 1. The molecule has 168 valence electrons. The molecule has 1 fully saturated rings. The topological polar surface area (TPSA) is 90.8 Å². The second-order valence-corrected chi connectivity index (χ2v) is 8.50. The first kappa shape index (κ1) is 23.7. The van der Waals surface area contributed by atoms with E-state index in [0.29, 0.717) is 29.1 Å². The Bertz CT molecular complexity index is 1030. The van der Waals surface area contributed by atoms with Crippen LogP contribution in [0.2, 0.25) is 5.02 Å². The smallest absolute Gasteiger partial charge is 0.228 e. The zero-order valence-corrected chi connectivity index (χ0v) is 18.9. The number of carbonyl (C=O) groups is 2. The van der Waals surface area contributed by atoms with E-state index < -0.39 is 5.41 Å². The Kier molecular flexibility index (Phi) is 7.83. The van der Waals surface area contributed by atoms with E-state index >= 15 is 0 Å². The number of hydrogen-bond acceptors (Lipinski definition) is 4. The van der Waals surface area contributed by atoms with Crippen molar-refractivity contribution < 1.29 is 14.7 Å². The van der Waals surface area contributed by atoms with Crippen molar-refractivity contribution in [2.24, 2.45) is 10.4 Å². The van der Waals surface area contributed by atoms with Crippen LogP contribution in [0.1, 0.15) is 49.3 Å². The van der Waals surface area contributed by atoms with Gasteiger partial charge in [-0.05, 0) is 36.1 Å². The molecule has 2 aromatic rings. The first-order valence-corrected chi connectivity index (χ1v) is 11.0. The molecule has 0 saturated heterocycles. The average molecular weight is 454 g/mol. The summed E-state index contributed by atoms with van der Waals surface area (Å²) in [5, 5.41) is 15.8. The van der Waals surface area contributed by atoms with Crippen LogP contribution < -0.4 is 10.6 Å². The normalized spacial score (nSPS) is 15.3. The molecule has 0 aliphatic heterocycles. The van der Waals surface area contributed by atoms with E-state index in [9.17, 15) is 14.7 Å². The minimum atomic E-state index is -0.689. The summed E-state index contributed by atoms with van der Waals surface area (Å²) in [6.45, 7) is 5.53. The molecule has 0 unspecified atom stereocenters. The maximum Gasteiger partial charge on any atom is 0.228 e. The van der Waals surface area contributed by atoms with Crippen molar-refractivity contribution in [3.63, 3.8) is 0 Å². The summed E-state index contributed by atoms with van der Waals surface area (Å²) in [7, 11) is 0. The third kappa shape index (κ3) is 5.64. The van der Waals surface area contributed by atoms with Gasteiger partial charge in [0, 0.05) is 19.0 Å². The van der Waals surface area contributed by atoms with Gasteiger partial charge in [-0.3, -0.25) is 9.59 Å². The number of amidine groups is 1. The molecule has 2 amide bonds. The summed E-state index contributed by atoms with van der Waals surface area (Å²) in [6, 6.07) is 14.7. The zero-order valence-electron chi connectivity index (χ0n) is 18.2. The summed E-state index contributed by atoms with van der Waals surface area (Å²) >= 11 is 6.43. The quantitative estimate of drug-likeness (QED) is 0.436. The lowest BCUT2D eigenvalue weighted by Gasteiger charge is -2.25. The monoisotopic (exact) mass is 453 g/mol. The van der Waals surface area contributed by atoms with Crippen molar-refractivity contribution in [2.75, 3.05) is 6.61 Å². The summed E-state index contributed by atoms with van der Waals surface area (Å²) in [5.41, 5.74) is 1.94. The maximum atomic E-state index is 12.7. The van der Waals surface area contributed by atoms with Gasteiger partial charge in [0.25, 0.3) is 0 Å². The van der Waals surface area contributed by atoms with E-state index in [2.05, 4.69) is 22.2 Å². The van der Waals surface area contributed by atoms with Gasteiger partial charge in [-0.1, -0.05) is 67.4 Å². The largest absolute Gasteiger partial charge is 0.395 e. The second-order valence-electron chi connectivity index (χ2n) is 8.10. The van der Waals surface area contributed by atoms with Crippen LogP contribution in [0.15, 0.2) is 60.1 Å². The van der Waals surface area contributed by atoms with Crippen LogP contribution in [0.4, 0.5) is 0 Å². The summed E-state index contributed by atoms with van der Waals surface area (Å²) in [6.07, 6.45) is 3.28. The number of halogens is 1. The van der Waals surface area contributed by atoms with Gasteiger partial charge in [0.2, 0.25) is 11.8 Å². The molecule has 3 rings (SSSR count). The molecule has 0 radical (unpaired) electrons. The van der Waals surface area contributed by atoms with Crippen molar-refractivity contribution in [3.8, 4) is 0 Å². The lowest BCUT2D eigenvalue weighted by Crippen LogP contribution is -2.41. The van der Waals surface area contributed by atoms with Crippen molar-refractivity contribution in [2.45, 2.75) is 39.2 Å². The van der Waals surface area contributed by atoms with E-state index in [1.165, 1.54) is 6.92 Å². The van der Waals surface area contributed by atoms with Gasteiger partial charge in [0.05, 0.1) is 22.7 Å². The van der Waals surface area contributed by atoms with E-state index in [-0.39, 0.29) is 30.8 Å². The minimum Gasteiger partial charge on any atom is -0.395 e. The predicted octanol–water partition coefficient (Wildman–Crippen LogP) is 4.06. The molecule has 0 bridgehead atoms. The average Bonchev–Trinajstić information content (AvgIpc) is 3.28. The van der Waals surface area contributed by atoms with Gasteiger partial charge in [-0.2, -0.15) is 0 Å². The predicted molar refractivity (Wildman–Crippen MR) is 127 cm³/mol. The van der Waals surface area contributed by atoms with Crippen molar-refractivity contribution in [1.82, 2.24) is 10.6 Å². The van der Waals surface area contributed by atoms with Crippen LogP contribution in [0.25, 0.3) is 5.70 Å². The molecule has 32 heavy (non-hydrogen) atoms. The Hall–Kier alpha value is -2.96. The van der Waals surface area contributed by atoms with Gasteiger partial charge >= 0.3 is 0 Å². The van der Waals surface area contributed by atoms with E-state index in [1.54, 1.807) is 12.1 Å². The van der Waals surface area contributed by atoms with Gasteiger partial charge in [-0.25, -0.2) is 4.99 Å². The van der Waals surface area contributed by atoms with Gasteiger partial charge in [0.1, 0.15) is 5.84 Å². The number of benzene rings is 2. The van der Waals surface area contributed by atoms with E-state index in [0.717, 1.165) is 24.0 Å². The fourth-order valence-electron chi connectivity index (χ4n) is 3.89. The molecule has 3 N–H and O–H groups in total. The number of amides is 2. The number of aliphatic hydroxyl groups excluding tert-OH is 1. The number of aliphatic imine (C=N–C) groups is 1. The molecular formula is C25H28ClN3O3. The Balaban J connectivity index is 1.84. The summed E-state index contributed by atoms with van der Waals surface area (Å²) in [4.78, 5) is 29.1. The van der Waals surface area contributed by atoms with E-state index in [4.69, 9.17) is 11.6 Å². The SMILES string of the molecule is C=C(N=C(NC(C)=O)c1cc(CNC(=O)C2(CO)CCCC2)ccc1Cl)c1ccccc1. The number of rotatable bonds is 7. The molecule has 7 heteroatoms. The molecule has 1 aliphatic carbocycles. The Labute approximate surface area is 193 Å². The van der Waals surface area contributed by atoms with Crippen molar-refractivity contribution in [1.29, 1.82) is 0 Å². The number of hydrogen-bond donors (Lipinski definition) is 3. The molecule has 0 atom stereocenters. The highest BCUT2D eigenvalue weighted by atomic mass is 35.5. The first-order valence-electron chi connectivity index (χ1n) is 10.6. The Morgan fingerprint density at radius 2 is 1.84 bits per heavy atom. The van der Waals surface area contributed by atoms with Crippen LogP contribution in [0.3, 0.4) is 0 Å². The lowest BCUT2D eigenvalue weighted by molar-refractivity contribution is -0.133. The standard InChI is InChI=1S/C25H28ClN3O3/c1-17(20-8-4-3-5-9-20)28-23(29-18(2)31)21-14-19(10-11-22(21)26)15-27-24(32)25(16-30)12-6-7-13-25/h3-5,8-11,14,30H,1,6-7,12-13,15-16H2,2H3,(H,27,32)(H,28,29,31). The van der Waals surface area contributed by atoms with E-state index in [1.807, 2.05) is 36.4 Å². The number of nitrogens with one attached hydrogen (secondary N) is 2. The molecule has 1 aliphatic rings. The molecule has 0 heterocycles. The zero-order chi connectivity index (χ0) is 23.1. The highest BCUT2D eigenvalue weighted by Gasteiger charge is 2.40. The lowest BCUT2D eigenvalue weighted by atomic mass is 9.86. The van der Waals surface area contributed by atoms with Crippen LogP contribution in [0, 0.1) is 5.41 Å². The molecular weight excluding hydrogens is 426 g/mol. The molecule has 2 aromatic carbocycles. The molecule has 6 nitrogen and oxygen atoms in total. The highest BCUT2D eigenvalue weighted by Crippen LogP contribution is 2.37. The highest BCUT2D eigenvalue weighted by molar-refractivity contribution is 6.34. The summed E-state index contributed by atoms with van der Waals surface area (Å²) in [5.74, 6) is -0.139. The third-order valence-electron chi connectivity index (χ3n) is 5.73. The molecule has 1 saturated carbocycles. The van der Waals surface area contributed by atoms with Crippen molar-refractivity contribution in [3.05, 3.63) is 76.8 Å². The Morgan fingerprint density at radius 3 is 2.47 bits per heavy atom. The molecule has 0 aromatic heterocycles. The van der Waals surface area contributed by atoms with Crippen molar-refractivity contribution >= 4 is 34.9 Å². The number of carbonyl (C=O) groups excluding carboxylic acids is 2. The van der Waals surface area contributed by atoms with Crippen LogP contribution >= 0.6 is 11.6 Å². The van der Waals surface area contributed by atoms with Gasteiger partial charge in [0.15, 0.2) is 0 Å². The third-order valence-corrected chi connectivity index (χ3v) is 6.06. The minimum absolute atomic E-state index is 0.137. The first-order chi connectivity index (χ1) is 15.3. The van der Waals surface area contributed by atoms with Crippen LogP contribution in [0.5, 0.6) is 0 Å². The number of nitrogens with zero attached hydrogens (tertiary/aromatic N) is 1. The Morgan fingerprint density at radius 1 is 1.16 bits per heavy atom. The summed E-state index contributed by atoms with van der Waals surface area (Å²) < 4.78 is 0. The molecule has 0 spiro atoms. The van der Waals surface area contributed by atoms with Gasteiger partial charge < -0.3 is 15.7 Å². The second kappa shape index (κ2) is 10.6. The fourth-order valence-corrected chi connectivity index (χ4v) is 4.10. The van der Waals surface area contributed by atoms with Crippen LogP contribution in [-0.2, 0) is 16.1 Å². The fraction of sp³-hybridized carbons (Fsp3) is 0.320. The van der Waals surface area contributed by atoms with Crippen LogP contribution in [-0.4, -0.2) is 29.4 Å².